The van der Waals surface area contributed by atoms with Gasteiger partial charge in [0.1, 0.15) is 5.60 Å². The Labute approximate surface area is 138 Å². The van der Waals surface area contributed by atoms with Crippen LogP contribution >= 0.6 is 11.3 Å². The lowest BCUT2D eigenvalue weighted by Gasteiger charge is -2.19. The number of carboxylic acid groups (broad SMARTS) is 1. The maximum Gasteiger partial charge on any atom is 0.407 e. The first-order valence-corrected chi connectivity index (χ1v) is 7.95. The zero-order valence-electron chi connectivity index (χ0n) is 13.3. The lowest BCUT2D eigenvalue weighted by Crippen LogP contribution is -2.32. The van der Waals surface area contributed by atoms with Crippen molar-refractivity contribution in [1.82, 2.24) is 5.32 Å². The van der Waals surface area contributed by atoms with Crippen LogP contribution in [-0.2, 0) is 16.1 Å². The van der Waals surface area contributed by atoms with E-state index in [1.54, 1.807) is 6.08 Å². The molecule has 0 aliphatic carbocycles. The van der Waals surface area contributed by atoms with Gasteiger partial charge < -0.3 is 15.2 Å². The fraction of sp³-hybridized carbons (Fsp3) is 0.294. The smallest absolute Gasteiger partial charge is 0.407 e. The number of alkyl carbamates (subject to hydrolysis) is 1. The summed E-state index contributed by atoms with van der Waals surface area (Å²) in [6, 6.07) is 7.79. The normalized spacial score (nSPS) is 11.8. The zero-order valence-corrected chi connectivity index (χ0v) is 14.1. The third-order valence-corrected chi connectivity index (χ3v) is 3.91. The molecule has 23 heavy (non-hydrogen) atoms. The van der Waals surface area contributed by atoms with Gasteiger partial charge in [-0.15, -0.1) is 11.3 Å². The molecule has 0 bridgehead atoms. The molecule has 0 aliphatic rings. The van der Waals surface area contributed by atoms with Gasteiger partial charge in [0.15, 0.2) is 0 Å². The highest BCUT2D eigenvalue weighted by molar-refractivity contribution is 7.19. The van der Waals surface area contributed by atoms with E-state index in [0.717, 1.165) is 26.6 Å². The Bertz CT molecular complexity index is 756. The average molecular weight is 333 g/mol. The second kappa shape index (κ2) is 6.83. The van der Waals surface area contributed by atoms with Crippen LogP contribution in [0.2, 0.25) is 0 Å². The van der Waals surface area contributed by atoms with E-state index in [2.05, 4.69) is 5.32 Å². The number of nitrogens with one attached hydrogen (secondary N) is 1. The van der Waals surface area contributed by atoms with Gasteiger partial charge >= 0.3 is 12.1 Å². The molecule has 5 nitrogen and oxygen atoms in total. The summed E-state index contributed by atoms with van der Waals surface area (Å²) in [6.07, 6.45) is 2.24. The van der Waals surface area contributed by atoms with Crippen molar-refractivity contribution in [3.05, 3.63) is 40.8 Å². The summed E-state index contributed by atoms with van der Waals surface area (Å²) in [5, 5.41) is 12.4. The largest absolute Gasteiger partial charge is 0.478 e. The molecular weight excluding hydrogens is 314 g/mol. The number of benzene rings is 1. The third-order valence-electron chi connectivity index (χ3n) is 2.83. The van der Waals surface area contributed by atoms with Crippen molar-refractivity contribution in [3.8, 4) is 0 Å². The molecule has 0 aliphatic heterocycles. The second-order valence-corrected chi connectivity index (χ2v) is 7.16. The van der Waals surface area contributed by atoms with Gasteiger partial charge in [-0.05, 0) is 56.0 Å². The SMILES string of the molecule is CC(C)(C)OC(=O)NCc1ccc2sc(/C=C/C(=O)O)cc2c1. The minimum absolute atomic E-state index is 0.376. The van der Waals surface area contributed by atoms with Crippen LogP contribution in [0.15, 0.2) is 30.3 Å². The van der Waals surface area contributed by atoms with Gasteiger partial charge in [0.2, 0.25) is 0 Å². The summed E-state index contributed by atoms with van der Waals surface area (Å²) >= 11 is 1.52. The van der Waals surface area contributed by atoms with Crippen LogP contribution < -0.4 is 5.32 Å². The number of carboxylic acids is 1. The lowest BCUT2D eigenvalue weighted by atomic mass is 10.1. The molecule has 2 aromatic rings. The number of thiophene rings is 1. The standard InChI is InChI=1S/C17H19NO4S/c1-17(2,3)22-16(21)18-10-11-4-6-14-12(8-11)9-13(23-14)5-7-15(19)20/h4-9H,10H2,1-3H3,(H,18,21)(H,19,20)/b7-5+. The van der Waals surface area contributed by atoms with Crippen molar-refractivity contribution in [1.29, 1.82) is 0 Å². The van der Waals surface area contributed by atoms with Crippen molar-refractivity contribution in [3.63, 3.8) is 0 Å². The molecule has 0 saturated carbocycles. The third kappa shape index (κ3) is 5.41. The van der Waals surface area contributed by atoms with E-state index < -0.39 is 17.7 Å². The van der Waals surface area contributed by atoms with Crippen LogP contribution in [0.25, 0.3) is 16.2 Å². The van der Waals surface area contributed by atoms with Crippen LogP contribution in [0.1, 0.15) is 31.2 Å². The fourth-order valence-electron chi connectivity index (χ4n) is 1.95. The van der Waals surface area contributed by atoms with E-state index >= 15 is 0 Å². The maximum absolute atomic E-state index is 11.7. The van der Waals surface area contributed by atoms with Crippen LogP contribution in [0.5, 0.6) is 0 Å². The first-order valence-electron chi connectivity index (χ1n) is 7.13. The molecule has 1 heterocycles. The predicted octanol–water partition coefficient (Wildman–Crippen LogP) is 4.02. The number of carbonyl (C=O) groups excluding carboxylic acids is 1. The molecular formula is C17H19NO4S. The molecule has 2 rings (SSSR count). The van der Waals surface area contributed by atoms with Crippen molar-refractivity contribution >= 4 is 39.6 Å². The van der Waals surface area contributed by atoms with Crippen LogP contribution in [0.3, 0.4) is 0 Å². The van der Waals surface area contributed by atoms with E-state index in [1.165, 1.54) is 11.3 Å². The number of amides is 1. The Hall–Kier alpha value is -2.34. The minimum Gasteiger partial charge on any atom is -0.478 e. The van der Waals surface area contributed by atoms with E-state index in [0.29, 0.717) is 6.54 Å². The summed E-state index contributed by atoms with van der Waals surface area (Å²) in [6.45, 7) is 5.82. The first kappa shape index (κ1) is 17.0. The van der Waals surface area contributed by atoms with Gasteiger partial charge in [-0.3, -0.25) is 0 Å². The van der Waals surface area contributed by atoms with Crippen molar-refractivity contribution < 1.29 is 19.4 Å². The number of ether oxygens (including phenoxy) is 1. The van der Waals surface area contributed by atoms with Crippen LogP contribution in [-0.4, -0.2) is 22.8 Å². The number of fused-ring (bicyclic) bond motifs is 1. The Balaban J connectivity index is 2.05. The van der Waals surface area contributed by atoms with E-state index in [1.807, 2.05) is 45.0 Å². The molecule has 0 fully saturated rings. The second-order valence-electron chi connectivity index (χ2n) is 6.05. The highest BCUT2D eigenvalue weighted by Crippen LogP contribution is 2.27. The molecule has 0 unspecified atom stereocenters. The number of carbonyl (C=O) groups is 2. The monoisotopic (exact) mass is 333 g/mol. The van der Waals surface area contributed by atoms with Gasteiger partial charge in [0.25, 0.3) is 0 Å². The number of hydrogen-bond donors (Lipinski definition) is 2. The van der Waals surface area contributed by atoms with Gasteiger partial charge in [-0.2, -0.15) is 0 Å². The van der Waals surface area contributed by atoms with Crippen molar-refractivity contribution in [2.75, 3.05) is 0 Å². The van der Waals surface area contributed by atoms with Crippen molar-refractivity contribution in [2.45, 2.75) is 32.9 Å². The Morgan fingerprint density at radius 1 is 1.30 bits per heavy atom. The van der Waals surface area contributed by atoms with Gasteiger partial charge in [-0.25, -0.2) is 9.59 Å². The molecule has 0 atom stereocenters. The Kier molecular flexibility index (Phi) is 5.05. The summed E-state index contributed by atoms with van der Waals surface area (Å²) in [7, 11) is 0. The quantitative estimate of drug-likeness (QED) is 0.829. The molecule has 6 heteroatoms. The van der Waals surface area contributed by atoms with Crippen molar-refractivity contribution in [2.24, 2.45) is 0 Å². The topological polar surface area (TPSA) is 75.6 Å². The maximum atomic E-state index is 11.7. The van der Waals surface area contributed by atoms with Crippen LogP contribution in [0.4, 0.5) is 4.79 Å². The van der Waals surface area contributed by atoms with Gasteiger partial charge in [0, 0.05) is 22.2 Å². The molecule has 1 aromatic carbocycles. The number of hydrogen-bond acceptors (Lipinski definition) is 4. The van der Waals surface area contributed by atoms with Gasteiger partial charge in [-0.1, -0.05) is 6.07 Å². The summed E-state index contributed by atoms with van der Waals surface area (Å²) in [5.41, 5.74) is 0.433. The zero-order chi connectivity index (χ0) is 17.0. The average Bonchev–Trinajstić information content (AvgIpc) is 2.83. The Morgan fingerprint density at radius 3 is 2.70 bits per heavy atom. The molecule has 0 saturated heterocycles. The molecule has 1 aromatic heterocycles. The number of rotatable bonds is 4. The molecule has 1 amide bonds. The molecule has 2 N–H and O–H groups in total. The Morgan fingerprint density at radius 2 is 2.04 bits per heavy atom. The summed E-state index contributed by atoms with van der Waals surface area (Å²) < 4.78 is 6.26. The lowest BCUT2D eigenvalue weighted by molar-refractivity contribution is -0.131. The molecule has 122 valence electrons. The summed E-state index contributed by atoms with van der Waals surface area (Å²) in [5.74, 6) is -0.968. The van der Waals surface area contributed by atoms with E-state index in [4.69, 9.17) is 9.84 Å². The first-order chi connectivity index (χ1) is 10.7. The summed E-state index contributed by atoms with van der Waals surface area (Å²) in [4.78, 5) is 23.1. The predicted molar refractivity (Wildman–Crippen MR) is 91.6 cm³/mol. The highest BCUT2D eigenvalue weighted by Gasteiger charge is 2.15. The molecule has 0 spiro atoms. The van der Waals surface area contributed by atoms with Gasteiger partial charge in [0.05, 0.1) is 0 Å². The highest BCUT2D eigenvalue weighted by atomic mass is 32.1. The molecule has 0 radical (unpaired) electrons. The fourth-order valence-corrected chi connectivity index (χ4v) is 2.89. The van der Waals surface area contributed by atoms with Crippen LogP contribution in [0, 0.1) is 0 Å². The van der Waals surface area contributed by atoms with E-state index in [-0.39, 0.29) is 0 Å². The minimum atomic E-state index is -0.968. The van der Waals surface area contributed by atoms with E-state index in [9.17, 15) is 9.59 Å². The number of aliphatic carboxylic acids is 1.